The Kier molecular flexibility index (Phi) is 8.67. The first-order valence-electron chi connectivity index (χ1n) is 11.4. The molecule has 0 aromatic rings. The third-order valence-corrected chi connectivity index (χ3v) is 6.72. The van der Waals surface area contributed by atoms with Gasteiger partial charge in [0, 0.05) is 26.2 Å². The van der Waals surface area contributed by atoms with Crippen LogP contribution < -0.4 is 0 Å². The van der Waals surface area contributed by atoms with Crippen molar-refractivity contribution in [3.8, 4) is 0 Å². The number of rotatable bonds is 5. The van der Waals surface area contributed by atoms with Crippen molar-refractivity contribution in [3.63, 3.8) is 0 Å². The van der Waals surface area contributed by atoms with Gasteiger partial charge in [-0.15, -0.1) is 5.10 Å². The summed E-state index contributed by atoms with van der Waals surface area (Å²) in [5.74, 6) is 1.77. The molecule has 2 fully saturated rings. The topological polar surface area (TPSA) is 101 Å². The highest BCUT2D eigenvalue weighted by Crippen LogP contribution is 2.35. The van der Waals surface area contributed by atoms with E-state index in [2.05, 4.69) is 9.64 Å². The molecular weight excluding hydrogens is 448 g/mol. The van der Waals surface area contributed by atoms with Gasteiger partial charge in [-0.1, -0.05) is 0 Å². The van der Waals surface area contributed by atoms with E-state index in [0.717, 1.165) is 31.1 Å². The van der Waals surface area contributed by atoms with Crippen molar-refractivity contribution in [1.29, 1.82) is 0 Å². The van der Waals surface area contributed by atoms with Crippen molar-refractivity contribution < 1.29 is 28.6 Å². The fourth-order valence-electron chi connectivity index (χ4n) is 3.98. The Balaban J connectivity index is 1.49. The van der Waals surface area contributed by atoms with Gasteiger partial charge in [0.25, 0.3) is 0 Å². The van der Waals surface area contributed by atoms with Crippen LogP contribution in [-0.4, -0.2) is 95.6 Å². The van der Waals surface area contributed by atoms with Gasteiger partial charge in [-0.2, -0.15) is 0 Å². The van der Waals surface area contributed by atoms with E-state index in [9.17, 15) is 14.4 Å². The van der Waals surface area contributed by atoms with Crippen LogP contribution in [0, 0.1) is 0 Å². The number of hydrazone groups is 1. The van der Waals surface area contributed by atoms with Crippen molar-refractivity contribution >= 4 is 34.9 Å². The molecule has 1 amide bonds. The fourth-order valence-corrected chi connectivity index (χ4v) is 4.92. The average Bonchev–Trinajstić information content (AvgIpc) is 3.23. The van der Waals surface area contributed by atoms with Gasteiger partial charge in [0.15, 0.2) is 16.1 Å². The predicted octanol–water partition coefficient (Wildman–Crippen LogP) is 2.42. The summed E-state index contributed by atoms with van der Waals surface area (Å²) in [6, 6.07) is 0.0457. The highest BCUT2D eigenvalue weighted by Gasteiger charge is 2.36. The molecule has 2 saturated heterocycles. The quantitative estimate of drug-likeness (QED) is 0.432. The Morgan fingerprint density at radius 2 is 1.79 bits per heavy atom. The molecule has 3 heterocycles. The number of amidine groups is 1. The Morgan fingerprint density at radius 3 is 2.36 bits per heavy atom. The van der Waals surface area contributed by atoms with E-state index in [1.807, 2.05) is 26.7 Å². The number of hydrogen-bond acceptors (Lipinski definition) is 10. The van der Waals surface area contributed by atoms with E-state index in [0.29, 0.717) is 37.6 Å². The highest BCUT2D eigenvalue weighted by molar-refractivity contribution is 8.17. The lowest BCUT2D eigenvalue weighted by atomic mass is 10.1. The molecule has 3 aliphatic heterocycles. The first-order valence-corrected chi connectivity index (χ1v) is 12.2. The maximum atomic E-state index is 12.3. The van der Waals surface area contributed by atoms with Crippen molar-refractivity contribution in [2.45, 2.75) is 70.6 Å². The van der Waals surface area contributed by atoms with Gasteiger partial charge in [-0.05, 0) is 58.2 Å². The third-order valence-electron chi connectivity index (χ3n) is 5.74. The molecule has 11 heteroatoms. The number of amides is 1. The molecule has 3 rings (SSSR count). The number of hydrogen-bond donors (Lipinski definition) is 0. The Hall–Kier alpha value is -2.23. The van der Waals surface area contributed by atoms with Gasteiger partial charge in [-0.25, -0.2) is 14.6 Å². The second-order valence-corrected chi connectivity index (χ2v) is 10.3. The van der Waals surface area contributed by atoms with Crippen molar-refractivity contribution in [1.82, 2.24) is 14.8 Å². The predicted molar refractivity (Wildman–Crippen MR) is 124 cm³/mol. The van der Waals surface area contributed by atoms with Crippen molar-refractivity contribution in [3.05, 3.63) is 5.03 Å². The summed E-state index contributed by atoms with van der Waals surface area (Å²) in [7, 11) is 1.37. The van der Waals surface area contributed by atoms with E-state index in [1.54, 1.807) is 9.91 Å². The maximum absolute atomic E-state index is 12.3. The minimum absolute atomic E-state index is 0.0457. The minimum atomic E-state index is -0.522. The van der Waals surface area contributed by atoms with Gasteiger partial charge < -0.3 is 24.0 Å². The summed E-state index contributed by atoms with van der Waals surface area (Å²) >= 11 is 1.35. The lowest BCUT2D eigenvalue weighted by Crippen LogP contribution is -2.46. The molecule has 0 aliphatic carbocycles. The molecule has 0 atom stereocenters. The first kappa shape index (κ1) is 25.4. The van der Waals surface area contributed by atoms with Gasteiger partial charge in [0.05, 0.1) is 32.3 Å². The number of piperidine rings is 2. The van der Waals surface area contributed by atoms with Gasteiger partial charge in [0.2, 0.25) is 0 Å². The Bertz CT molecular complexity index is 791. The van der Waals surface area contributed by atoms with Gasteiger partial charge >= 0.3 is 12.1 Å². The molecule has 0 N–H and O–H groups in total. The average molecular weight is 483 g/mol. The van der Waals surface area contributed by atoms with E-state index < -0.39 is 5.60 Å². The fraction of sp³-hybridized carbons (Fsp3) is 0.773. The van der Waals surface area contributed by atoms with Crippen LogP contribution in [0.1, 0.15) is 52.9 Å². The zero-order valence-corrected chi connectivity index (χ0v) is 20.7. The van der Waals surface area contributed by atoms with Crippen LogP contribution in [-0.2, 0) is 23.8 Å². The van der Waals surface area contributed by atoms with Crippen molar-refractivity contribution in [2.75, 3.05) is 39.9 Å². The molecule has 0 bridgehead atoms. The van der Waals surface area contributed by atoms with E-state index in [-0.39, 0.29) is 30.6 Å². The monoisotopic (exact) mass is 482 g/mol. The van der Waals surface area contributed by atoms with Crippen molar-refractivity contribution in [2.24, 2.45) is 5.10 Å². The second-order valence-electron chi connectivity index (χ2n) is 9.32. The van der Waals surface area contributed by atoms with Crippen LogP contribution in [0.2, 0.25) is 0 Å². The SMILES string of the molecule is COC(=O)CCOC1CCN(C2=NN(C3CCN(C(=O)OC(C)(C)C)CC3)C(=C=O)S2)CC1. The summed E-state index contributed by atoms with van der Waals surface area (Å²) in [6.45, 7) is 8.59. The van der Waals surface area contributed by atoms with Gasteiger partial charge in [0.1, 0.15) is 5.60 Å². The van der Waals surface area contributed by atoms with E-state index in [4.69, 9.17) is 14.6 Å². The Morgan fingerprint density at radius 1 is 1.12 bits per heavy atom. The zero-order chi connectivity index (χ0) is 24.0. The lowest BCUT2D eigenvalue weighted by molar-refractivity contribution is -0.142. The smallest absolute Gasteiger partial charge is 0.410 e. The summed E-state index contributed by atoms with van der Waals surface area (Å²) in [4.78, 5) is 39.0. The highest BCUT2D eigenvalue weighted by atomic mass is 32.2. The molecule has 0 aromatic carbocycles. The number of thioether (sulfide) groups is 1. The lowest BCUT2D eigenvalue weighted by Gasteiger charge is -2.36. The molecule has 0 saturated carbocycles. The van der Waals surface area contributed by atoms with Crippen LogP contribution in [0.3, 0.4) is 0 Å². The van der Waals surface area contributed by atoms with Gasteiger partial charge in [-0.3, -0.25) is 4.79 Å². The molecule has 0 radical (unpaired) electrons. The molecule has 10 nitrogen and oxygen atoms in total. The van der Waals surface area contributed by atoms with E-state index in [1.165, 1.54) is 18.9 Å². The summed E-state index contributed by atoms with van der Waals surface area (Å²) in [6.07, 6.45) is 3.13. The number of nitrogens with zero attached hydrogens (tertiary/aromatic N) is 4. The normalized spacial score (nSPS) is 20.5. The standard InChI is InChI=1S/C22H34N4O6S/c1-22(2,3)32-21(29)25-10-5-16(6-11-25)26-18(15-27)33-20(23-26)24-12-7-17(8-13-24)31-14-9-19(28)30-4/h16-17H,5-14H2,1-4H3. The van der Waals surface area contributed by atoms with Crippen LogP contribution >= 0.6 is 11.8 Å². The third kappa shape index (κ3) is 7.12. The first-order chi connectivity index (χ1) is 15.7. The van der Waals surface area contributed by atoms with Crippen LogP contribution in [0.4, 0.5) is 4.79 Å². The van der Waals surface area contributed by atoms with Crippen LogP contribution in [0.15, 0.2) is 10.1 Å². The molecule has 184 valence electrons. The summed E-state index contributed by atoms with van der Waals surface area (Å²) < 4.78 is 15.9. The molecule has 0 unspecified atom stereocenters. The molecular formula is C22H34N4O6S. The second kappa shape index (κ2) is 11.3. The largest absolute Gasteiger partial charge is 0.469 e. The number of methoxy groups -OCH3 is 1. The van der Waals surface area contributed by atoms with E-state index >= 15 is 0 Å². The summed E-state index contributed by atoms with van der Waals surface area (Å²) in [5, 5.41) is 7.79. The zero-order valence-electron chi connectivity index (χ0n) is 19.9. The number of carbonyl (C=O) groups excluding carboxylic acids is 3. The van der Waals surface area contributed by atoms with Crippen LogP contribution in [0.25, 0.3) is 0 Å². The number of esters is 1. The molecule has 0 spiro atoms. The van der Waals surface area contributed by atoms with Crippen LogP contribution in [0.5, 0.6) is 0 Å². The summed E-state index contributed by atoms with van der Waals surface area (Å²) in [5.41, 5.74) is -0.522. The number of ether oxygens (including phenoxy) is 3. The maximum Gasteiger partial charge on any atom is 0.410 e. The number of carbonyl (C=O) groups is 2. The molecule has 0 aromatic heterocycles. The molecule has 33 heavy (non-hydrogen) atoms. The number of likely N-dealkylation sites (tertiary alicyclic amines) is 2. The minimum Gasteiger partial charge on any atom is -0.469 e. The Labute approximate surface area is 199 Å². The molecule has 3 aliphatic rings.